The standard InChI is InChI=1S/C6H10N4O/c1-3-5(6(11)8-7)4(2)10-9-3/h7H2,1-2H3,(H,8,11)(H,9,10). The lowest BCUT2D eigenvalue weighted by molar-refractivity contribution is 0.0952. The normalized spacial score (nSPS) is 9.73. The molecule has 0 saturated carbocycles. The van der Waals surface area contributed by atoms with E-state index in [1.807, 2.05) is 0 Å². The highest BCUT2D eigenvalue weighted by Crippen LogP contribution is 2.07. The van der Waals surface area contributed by atoms with Gasteiger partial charge in [0.25, 0.3) is 5.91 Å². The summed E-state index contributed by atoms with van der Waals surface area (Å²) >= 11 is 0. The molecule has 0 fully saturated rings. The molecule has 1 rings (SSSR count). The second kappa shape index (κ2) is 2.71. The van der Waals surface area contributed by atoms with Gasteiger partial charge in [0.15, 0.2) is 0 Å². The van der Waals surface area contributed by atoms with Gasteiger partial charge >= 0.3 is 0 Å². The third-order valence-corrected chi connectivity index (χ3v) is 1.49. The number of aryl methyl sites for hydroxylation is 2. The lowest BCUT2D eigenvalue weighted by atomic mass is 10.2. The van der Waals surface area contributed by atoms with Crippen LogP contribution in [0, 0.1) is 13.8 Å². The van der Waals surface area contributed by atoms with Crippen LogP contribution in [0.2, 0.25) is 0 Å². The predicted octanol–water partition coefficient (Wildman–Crippen LogP) is -0.370. The number of hydrogen-bond donors (Lipinski definition) is 3. The molecule has 0 aliphatic carbocycles. The van der Waals surface area contributed by atoms with E-state index in [0.29, 0.717) is 11.3 Å². The van der Waals surface area contributed by atoms with E-state index in [1.54, 1.807) is 13.8 Å². The summed E-state index contributed by atoms with van der Waals surface area (Å²) < 4.78 is 0. The summed E-state index contributed by atoms with van der Waals surface area (Å²) in [7, 11) is 0. The second-order valence-corrected chi connectivity index (χ2v) is 2.28. The van der Waals surface area contributed by atoms with Crippen molar-refractivity contribution in [1.29, 1.82) is 0 Å². The maximum atomic E-state index is 11.0. The minimum atomic E-state index is -0.311. The van der Waals surface area contributed by atoms with Gasteiger partial charge in [-0.05, 0) is 13.8 Å². The third kappa shape index (κ3) is 1.22. The number of hydrazine groups is 1. The first kappa shape index (κ1) is 7.74. The number of amides is 1. The largest absolute Gasteiger partial charge is 0.290 e. The van der Waals surface area contributed by atoms with Gasteiger partial charge in [-0.15, -0.1) is 0 Å². The van der Waals surface area contributed by atoms with Crippen LogP contribution in [0.1, 0.15) is 21.7 Å². The number of carbonyl (C=O) groups is 1. The van der Waals surface area contributed by atoms with Gasteiger partial charge in [-0.3, -0.25) is 15.3 Å². The van der Waals surface area contributed by atoms with Gasteiger partial charge in [0.1, 0.15) is 0 Å². The summed E-state index contributed by atoms with van der Waals surface area (Å²) in [4.78, 5) is 11.0. The average Bonchev–Trinajstić information content (AvgIpc) is 2.30. The molecule has 0 radical (unpaired) electrons. The maximum Gasteiger partial charge on any atom is 0.268 e. The molecular formula is C6H10N4O. The highest BCUT2D eigenvalue weighted by atomic mass is 16.2. The first-order valence-corrected chi connectivity index (χ1v) is 3.19. The Bertz CT molecular complexity index is 259. The van der Waals surface area contributed by atoms with Gasteiger partial charge < -0.3 is 0 Å². The molecule has 0 bridgehead atoms. The molecule has 0 saturated heterocycles. The van der Waals surface area contributed by atoms with Crippen LogP contribution < -0.4 is 11.3 Å². The Morgan fingerprint density at radius 3 is 2.64 bits per heavy atom. The van der Waals surface area contributed by atoms with Crippen LogP contribution in [0.5, 0.6) is 0 Å². The van der Waals surface area contributed by atoms with Gasteiger partial charge in [0, 0.05) is 5.69 Å². The second-order valence-electron chi connectivity index (χ2n) is 2.28. The minimum absolute atomic E-state index is 0.311. The Morgan fingerprint density at radius 2 is 2.27 bits per heavy atom. The maximum absolute atomic E-state index is 11.0. The number of hydrogen-bond acceptors (Lipinski definition) is 3. The Hall–Kier alpha value is -1.36. The number of rotatable bonds is 1. The fraction of sp³-hybridized carbons (Fsp3) is 0.333. The van der Waals surface area contributed by atoms with Crippen molar-refractivity contribution in [3.05, 3.63) is 17.0 Å². The number of nitrogens with two attached hydrogens (primary N) is 1. The number of nitrogen functional groups attached to an aromatic ring is 1. The lowest BCUT2D eigenvalue weighted by Gasteiger charge is -1.96. The molecule has 1 aromatic heterocycles. The SMILES string of the molecule is Cc1n[nH]c(C)c1C(=O)NN. The Labute approximate surface area is 63.9 Å². The molecule has 1 heterocycles. The Morgan fingerprint density at radius 1 is 1.64 bits per heavy atom. The van der Waals surface area contributed by atoms with Crippen molar-refractivity contribution in [1.82, 2.24) is 15.6 Å². The van der Waals surface area contributed by atoms with Crippen molar-refractivity contribution in [2.75, 3.05) is 0 Å². The van der Waals surface area contributed by atoms with E-state index in [1.165, 1.54) is 0 Å². The number of nitrogens with one attached hydrogen (secondary N) is 2. The number of nitrogens with zero attached hydrogens (tertiary/aromatic N) is 1. The van der Waals surface area contributed by atoms with Crippen molar-refractivity contribution in [3.63, 3.8) is 0 Å². The quantitative estimate of drug-likeness (QED) is 0.293. The zero-order valence-corrected chi connectivity index (χ0v) is 6.43. The predicted molar refractivity (Wildman–Crippen MR) is 39.7 cm³/mol. The smallest absolute Gasteiger partial charge is 0.268 e. The van der Waals surface area contributed by atoms with Crippen molar-refractivity contribution in [3.8, 4) is 0 Å². The van der Waals surface area contributed by atoms with Crippen LogP contribution in [0.15, 0.2) is 0 Å². The molecule has 0 atom stereocenters. The van der Waals surface area contributed by atoms with Crippen LogP contribution in [-0.2, 0) is 0 Å². The monoisotopic (exact) mass is 154 g/mol. The van der Waals surface area contributed by atoms with E-state index in [2.05, 4.69) is 15.6 Å². The van der Waals surface area contributed by atoms with Crippen LogP contribution in [-0.4, -0.2) is 16.1 Å². The van der Waals surface area contributed by atoms with Crippen molar-refractivity contribution < 1.29 is 4.79 Å². The van der Waals surface area contributed by atoms with Crippen molar-refractivity contribution in [2.24, 2.45) is 5.84 Å². The van der Waals surface area contributed by atoms with Gasteiger partial charge in [-0.1, -0.05) is 0 Å². The molecule has 5 heteroatoms. The molecule has 0 aliphatic heterocycles. The minimum Gasteiger partial charge on any atom is -0.290 e. The number of aromatic amines is 1. The highest BCUT2D eigenvalue weighted by Gasteiger charge is 2.12. The van der Waals surface area contributed by atoms with Gasteiger partial charge in [0.2, 0.25) is 0 Å². The molecule has 0 aliphatic rings. The summed E-state index contributed by atoms with van der Waals surface area (Å²) in [6, 6.07) is 0. The molecule has 4 N–H and O–H groups in total. The van der Waals surface area contributed by atoms with Crippen LogP contribution in [0.3, 0.4) is 0 Å². The van der Waals surface area contributed by atoms with Gasteiger partial charge in [-0.2, -0.15) is 5.10 Å². The van der Waals surface area contributed by atoms with Gasteiger partial charge in [-0.25, -0.2) is 5.84 Å². The van der Waals surface area contributed by atoms with Crippen LogP contribution >= 0.6 is 0 Å². The highest BCUT2D eigenvalue weighted by molar-refractivity contribution is 5.95. The van der Waals surface area contributed by atoms with E-state index in [4.69, 9.17) is 5.84 Å². The van der Waals surface area contributed by atoms with E-state index in [0.717, 1.165) is 5.69 Å². The van der Waals surface area contributed by atoms with Crippen molar-refractivity contribution in [2.45, 2.75) is 13.8 Å². The first-order valence-electron chi connectivity index (χ1n) is 3.19. The van der Waals surface area contributed by atoms with E-state index in [9.17, 15) is 4.79 Å². The number of aromatic nitrogens is 2. The summed E-state index contributed by atoms with van der Waals surface area (Å²) in [5.41, 5.74) is 3.96. The fourth-order valence-corrected chi connectivity index (χ4v) is 0.958. The summed E-state index contributed by atoms with van der Waals surface area (Å²) in [6.07, 6.45) is 0. The molecule has 5 nitrogen and oxygen atoms in total. The first-order chi connectivity index (χ1) is 5.16. The lowest BCUT2D eigenvalue weighted by Crippen LogP contribution is -2.30. The molecule has 0 unspecified atom stereocenters. The van der Waals surface area contributed by atoms with Crippen LogP contribution in [0.4, 0.5) is 0 Å². The molecule has 0 spiro atoms. The summed E-state index contributed by atoms with van der Waals surface area (Å²) in [5, 5.41) is 6.53. The van der Waals surface area contributed by atoms with Crippen LogP contribution in [0.25, 0.3) is 0 Å². The van der Waals surface area contributed by atoms with E-state index in [-0.39, 0.29) is 5.91 Å². The molecule has 11 heavy (non-hydrogen) atoms. The summed E-state index contributed by atoms with van der Waals surface area (Å²) in [6.45, 7) is 3.51. The fourth-order valence-electron chi connectivity index (χ4n) is 0.958. The molecular weight excluding hydrogens is 144 g/mol. The zero-order valence-electron chi connectivity index (χ0n) is 6.43. The van der Waals surface area contributed by atoms with Crippen molar-refractivity contribution >= 4 is 5.91 Å². The zero-order chi connectivity index (χ0) is 8.43. The van der Waals surface area contributed by atoms with Gasteiger partial charge in [0.05, 0.1) is 11.3 Å². The Balaban J connectivity index is 3.10. The number of H-pyrrole nitrogens is 1. The molecule has 1 amide bonds. The molecule has 60 valence electrons. The average molecular weight is 154 g/mol. The van der Waals surface area contributed by atoms with E-state index < -0.39 is 0 Å². The topological polar surface area (TPSA) is 83.8 Å². The Kier molecular flexibility index (Phi) is 1.91. The third-order valence-electron chi connectivity index (χ3n) is 1.49. The summed E-state index contributed by atoms with van der Waals surface area (Å²) in [5.74, 6) is 4.65. The number of carbonyl (C=O) groups excluding carboxylic acids is 1. The molecule has 1 aromatic rings. The molecule has 0 aromatic carbocycles. The van der Waals surface area contributed by atoms with E-state index >= 15 is 0 Å².